The fourth-order valence-electron chi connectivity index (χ4n) is 0.170. The van der Waals surface area contributed by atoms with E-state index in [1.54, 1.807) is 5.90 Å². The second-order valence-corrected chi connectivity index (χ2v) is 12.6. The van der Waals surface area contributed by atoms with Crippen molar-refractivity contribution in [3.8, 4) is 0 Å². The molecule has 1 fully saturated rings. The van der Waals surface area contributed by atoms with Gasteiger partial charge in [0.15, 0.2) is 0 Å². The first-order valence-corrected chi connectivity index (χ1v) is 8.60. The minimum Gasteiger partial charge on any atom is -0.106 e. The smallest absolute Gasteiger partial charge is 0.00348 e. The van der Waals surface area contributed by atoms with Crippen molar-refractivity contribution >= 4 is 32.5 Å². The van der Waals surface area contributed by atoms with Crippen LogP contribution in [0.4, 0.5) is 0 Å². The molecule has 1 heterocycles. The van der Waals surface area contributed by atoms with Crippen LogP contribution in [0.15, 0.2) is 0 Å². The molecule has 0 radical (unpaired) electrons. The Hall–Kier alpha value is 1.72. The largest absolute Gasteiger partial charge is 0.106 e. The van der Waals surface area contributed by atoms with Crippen molar-refractivity contribution in [1.29, 1.82) is 0 Å². The lowest BCUT2D eigenvalue weighted by Gasteiger charge is -2.19. The summed E-state index contributed by atoms with van der Waals surface area (Å²) in [4.78, 5) is 0. The van der Waals surface area contributed by atoms with Crippen molar-refractivity contribution in [2.75, 3.05) is 5.90 Å². The van der Waals surface area contributed by atoms with Crippen molar-refractivity contribution in [1.82, 2.24) is 0 Å². The van der Waals surface area contributed by atoms with E-state index in [-0.39, 0.29) is 0 Å². The van der Waals surface area contributed by atoms with Gasteiger partial charge in [0.05, 0.1) is 0 Å². The third kappa shape index (κ3) is 1.33. The topological polar surface area (TPSA) is 0 Å². The van der Waals surface area contributed by atoms with Gasteiger partial charge in [-0.2, -0.15) is 0 Å². The van der Waals surface area contributed by atoms with Crippen molar-refractivity contribution in [2.24, 2.45) is 0 Å². The first-order valence-electron chi connectivity index (χ1n) is 1.40. The molecule has 0 aromatic carbocycles. The van der Waals surface area contributed by atoms with E-state index >= 15 is 0 Å². The van der Waals surface area contributed by atoms with Gasteiger partial charge in [0.2, 0.25) is 0 Å². The first-order chi connectivity index (χ1) is 2.39. The van der Waals surface area contributed by atoms with Crippen LogP contribution in [0.1, 0.15) is 0 Å². The molecular formula is CH6P4. The van der Waals surface area contributed by atoms with Gasteiger partial charge in [-0.3, -0.25) is 0 Å². The van der Waals surface area contributed by atoms with Gasteiger partial charge in [0, 0.05) is 0 Å². The summed E-state index contributed by atoms with van der Waals surface area (Å²) in [6.07, 6.45) is 0. The predicted molar refractivity (Wildman–Crippen MR) is 38.1 cm³/mol. The van der Waals surface area contributed by atoms with E-state index < -0.39 is 0 Å². The van der Waals surface area contributed by atoms with Crippen LogP contribution in [0.3, 0.4) is 0 Å². The van der Waals surface area contributed by atoms with Crippen LogP contribution in [0, 0.1) is 0 Å². The van der Waals surface area contributed by atoms with E-state index in [2.05, 4.69) is 8.93 Å². The van der Waals surface area contributed by atoms with Gasteiger partial charge in [0.1, 0.15) is 0 Å². The number of rotatable bonds is 0. The molecule has 0 nitrogen and oxygen atoms in total. The zero-order chi connectivity index (χ0) is 3.70. The third-order valence-electron chi connectivity index (χ3n) is 0.472. The predicted octanol–water partition coefficient (Wildman–Crippen LogP) is 2.42. The Balaban J connectivity index is 2.08. The van der Waals surface area contributed by atoms with Crippen LogP contribution in [-0.2, 0) is 0 Å². The summed E-state index contributed by atoms with van der Waals surface area (Å²) >= 11 is 0. The van der Waals surface area contributed by atoms with Crippen LogP contribution in [-0.4, -0.2) is 5.90 Å². The minimum atomic E-state index is 0.539. The van der Waals surface area contributed by atoms with Crippen LogP contribution >= 0.6 is 32.5 Å². The molecule has 0 spiro atoms. The molecule has 1 aliphatic heterocycles. The van der Waals surface area contributed by atoms with Crippen molar-refractivity contribution in [3.63, 3.8) is 0 Å². The molecule has 0 aliphatic carbocycles. The molecule has 0 aromatic rings. The van der Waals surface area contributed by atoms with Gasteiger partial charge in [0.25, 0.3) is 0 Å². The average molecular weight is 142 g/mol. The molecule has 4 atom stereocenters. The second-order valence-electron chi connectivity index (χ2n) is 0.916. The summed E-state index contributed by atoms with van der Waals surface area (Å²) in [5, 5.41) is 0. The normalized spacial score (nSPS) is 46.2. The average Bonchev–Trinajstić information content (AvgIpc) is 1.30. The lowest BCUT2D eigenvalue weighted by atomic mass is 11.9. The Labute approximate surface area is 39.1 Å². The zero-order valence-electron chi connectivity index (χ0n) is 2.73. The number of hydrogen-bond acceptors (Lipinski definition) is 0. The summed E-state index contributed by atoms with van der Waals surface area (Å²) in [5.41, 5.74) is 0. The quantitative estimate of drug-likeness (QED) is 0.455. The van der Waals surface area contributed by atoms with Crippen LogP contribution < -0.4 is 0 Å². The van der Waals surface area contributed by atoms with E-state index in [0.29, 0.717) is 7.30 Å². The molecule has 0 saturated carbocycles. The molecular weight excluding hydrogens is 136 g/mol. The van der Waals surface area contributed by atoms with E-state index in [0.717, 1.165) is 0 Å². The highest BCUT2D eigenvalue weighted by Crippen LogP contribution is 2.83. The molecule has 4 unspecified atom stereocenters. The first kappa shape index (κ1) is 4.87. The Bertz CT molecular complexity index is 30.6. The van der Waals surface area contributed by atoms with Crippen LogP contribution in [0.2, 0.25) is 0 Å². The van der Waals surface area contributed by atoms with Crippen LogP contribution in [0.5, 0.6) is 0 Å². The fraction of sp³-hybridized carbons (Fsp3) is 1.00. The summed E-state index contributed by atoms with van der Waals surface area (Å²) in [6, 6.07) is 0. The van der Waals surface area contributed by atoms with Crippen molar-refractivity contribution in [3.05, 3.63) is 0 Å². The summed E-state index contributed by atoms with van der Waals surface area (Å²) in [7, 11) is 6.13. The Morgan fingerprint density at radius 2 is 2.20 bits per heavy atom. The van der Waals surface area contributed by atoms with Gasteiger partial charge in [-0.1, -0.05) is 23.5 Å². The molecule has 30 valence electrons. The Kier molecular flexibility index (Phi) is 2.08. The van der Waals surface area contributed by atoms with Gasteiger partial charge in [-0.25, -0.2) is 0 Å². The SMILES string of the molecule is PP1CPP1. The molecule has 1 saturated heterocycles. The standard InChI is InChI=1S/CH6P4/c2-5-1-3-4-5/h3-4H,1-2H2. The van der Waals surface area contributed by atoms with Gasteiger partial charge in [-0.15, -0.1) is 8.93 Å². The highest BCUT2D eigenvalue weighted by Gasteiger charge is 2.08. The summed E-state index contributed by atoms with van der Waals surface area (Å²) in [5.74, 6) is 1.55. The third-order valence-corrected chi connectivity index (χ3v) is 16.2. The zero-order valence-corrected chi connectivity index (χ0v) is 6.78. The lowest BCUT2D eigenvalue weighted by molar-refractivity contribution is 2.27. The molecule has 0 bridgehead atoms. The Morgan fingerprint density at radius 3 is 2.20 bits per heavy atom. The maximum absolute atomic E-state index is 2.90. The fourth-order valence-corrected chi connectivity index (χ4v) is 9.53. The highest BCUT2D eigenvalue weighted by molar-refractivity contribution is 8.71. The molecule has 0 aromatic heterocycles. The van der Waals surface area contributed by atoms with Gasteiger partial charge < -0.3 is 0 Å². The molecule has 1 aliphatic rings. The Morgan fingerprint density at radius 1 is 1.80 bits per heavy atom. The highest BCUT2D eigenvalue weighted by atomic mass is 32.6. The summed E-state index contributed by atoms with van der Waals surface area (Å²) < 4.78 is 0. The number of hydrogen-bond donors (Lipinski definition) is 0. The maximum atomic E-state index is 2.90. The molecule has 5 heavy (non-hydrogen) atoms. The maximum Gasteiger partial charge on any atom is -0.00348 e. The minimum absolute atomic E-state index is 0.539. The van der Waals surface area contributed by atoms with E-state index in [1.807, 2.05) is 0 Å². The molecule has 1 rings (SSSR count). The molecule has 0 amide bonds. The monoisotopic (exact) mass is 142 g/mol. The van der Waals surface area contributed by atoms with Crippen molar-refractivity contribution in [2.45, 2.75) is 0 Å². The van der Waals surface area contributed by atoms with Crippen molar-refractivity contribution < 1.29 is 0 Å². The van der Waals surface area contributed by atoms with E-state index in [1.165, 1.54) is 16.2 Å². The summed E-state index contributed by atoms with van der Waals surface area (Å²) in [6.45, 7) is 0. The van der Waals surface area contributed by atoms with E-state index in [9.17, 15) is 0 Å². The van der Waals surface area contributed by atoms with Crippen LogP contribution in [0.25, 0.3) is 0 Å². The van der Waals surface area contributed by atoms with Gasteiger partial charge >= 0.3 is 0 Å². The lowest BCUT2D eigenvalue weighted by Crippen LogP contribution is -1.60. The van der Waals surface area contributed by atoms with Gasteiger partial charge in [-0.05, 0) is 5.90 Å². The molecule has 0 N–H and O–H groups in total. The van der Waals surface area contributed by atoms with E-state index in [4.69, 9.17) is 0 Å². The molecule has 4 heteroatoms. The second kappa shape index (κ2) is 2.14.